The summed E-state index contributed by atoms with van der Waals surface area (Å²) in [4.78, 5) is 14.7. The summed E-state index contributed by atoms with van der Waals surface area (Å²) in [5, 5.41) is 3.12. The largest absolute Gasteiger partial charge is 0.381 e. The third kappa shape index (κ3) is 4.94. The van der Waals surface area contributed by atoms with Gasteiger partial charge >= 0.3 is 0 Å². The van der Waals surface area contributed by atoms with Crippen molar-refractivity contribution in [1.29, 1.82) is 0 Å². The van der Waals surface area contributed by atoms with Crippen molar-refractivity contribution in [1.82, 2.24) is 10.2 Å². The number of likely N-dealkylation sites (tertiary alicyclic amines) is 1. The summed E-state index contributed by atoms with van der Waals surface area (Å²) in [6.07, 6.45) is 3.24. The van der Waals surface area contributed by atoms with Crippen molar-refractivity contribution in [2.24, 2.45) is 17.1 Å². The van der Waals surface area contributed by atoms with Gasteiger partial charge in [-0.2, -0.15) is 0 Å². The predicted molar refractivity (Wildman–Crippen MR) is 84.0 cm³/mol. The quantitative estimate of drug-likeness (QED) is 0.811. The molecule has 2 aliphatic heterocycles. The molecule has 0 aromatic rings. The smallest absolute Gasteiger partial charge is 0.237 e. The van der Waals surface area contributed by atoms with E-state index in [1.54, 1.807) is 0 Å². The maximum absolute atomic E-state index is 12.2. The van der Waals surface area contributed by atoms with Crippen LogP contribution < -0.4 is 11.1 Å². The highest BCUT2D eigenvalue weighted by Crippen LogP contribution is 2.20. The van der Waals surface area contributed by atoms with E-state index in [0.29, 0.717) is 5.92 Å². The summed E-state index contributed by atoms with van der Waals surface area (Å²) in [6.45, 7) is 11.1. The Hall–Kier alpha value is -0.650. The van der Waals surface area contributed by atoms with Gasteiger partial charge in [-0.1, -0.05) is 20.8 Å². The molecular formula is C16H31N3O2. The number of nitrogens with one attached hydrogen (secondary N) is 1. The molecule has 21 heavy (non-hydrogen) atoms. The minimum absolute atomic E-state index is 0.00913. The highest BCUT2D eigenvalue weighted by atomic mass is 16.5. The Balaban J connectivity index is 1.70. The molecule has 0 bridgehead atoms. The second-order valence-corrected chi connectivity index (χ2v) is 7.66. The number of carbonyl (C=O) groups excluding carboxylic acids is 1. The molecule has 5 heteroatoms. The first kappa shape index (κ1) is 16.7. The summed E-state index contributed by atoms with van der Waals surface area (Å²) in [5.41, 5.74) is 5.82. The number of hydrogen-bond donors (Lipinski definition) is 2. The third-order valence-electron chi connectivity index (χ3n) is 4.69. The van der Waals surface area contributed by atoms with Crippen LogP contribution in [0.4, 0.5) is 0 Å². The average Bonchev–Trinajstić information content (AvgIpc) is 2.92. The lowest BCUT2D eigenvalue weighted by molar-refractivity contribution is -0.125. The van der Waals surface area contributed by atoms with Crippen molar-refractivity contribution < 1.29 is 9.53 Å². The standard InChI is InChI=1S/C16H31N3O2/c1-16(2,3)14(17)15(20)18-13-4-7-19(8-5-13)10-12-6-9-21-11-12/h12-14H,4-11,17H2,1-3H3,(H,18,20)/t12?,14-/m1/s1. The monoisotopic (exact) mass is 297 g/mol. The number of hydrogen-bond acceptors (Lipinski definition) is 4. The number of carbonyl (C=O) groups is 1. The van der Waals surface area contributed by atoms with Crippen LogP contribution in [0.2, 0.25) is 0 Å². The molecule has 122 valence electrons. The van der Waals surface area contributed by atoms with Gasteiger partial charge in [-0.05, 0) is 30.6 Å². The summed E-state index contributed by atoms with van der Waals surface area (Å²) in [5.74, 6) is 0.690. The first-order valence-corrected chi connectivity index (χ1v) is 8.22. The zero-order valence-electron chi connectivity index (χ0n) is 13.7. The second kappa shape index (κ2) is 7.07. The summed E-state index contributed by atoms with van der Waals surface area (Å²) < 4.78 is 5.43. The van der Waals surface area contributed by atoms with E-state index < -0.39 is 6.04 Å². The van der Waals surface area contributed by atoms with Gasteiger partial charge in [0.1, 0.15) is 0 Å². The molecule has 0 saturated carbocycles. The molecule has 5 nitrogen and oxygen atoms in total. The molecule has 3 N–H and O–H groups in total. The van der Waals surface area contributed by atoms with E-state index >= 15 is 0 Å². The van der Waals surface area contributed by atoms with E-state index in [2.05, 4.69) is 10.2 Å². The minimum Gasteiger partial charge on any atom is -0.381 e. The number of nitrogens with zero attached hydrogens (tertiary/aromatic N) is 1. The molecule has 2 heterocycles. The zero-order valence-corrected chi connectivity index (χ0v) is 13.7. The Morgan fingerprint density at radius 1 is 1.33 bits per heavy atom. The van der Waals surface area contributed by atoms with Crippen LogP contribution in [0.15, 0.2) is 0 Å². The van der Waals surface area contributed by atoms with Crippen molar-refractivity contribution in [2.75, 3.05) is 32.8 Å². The lowest BCUT2D eigenvalue weighted by atomic mass is 9.86. The summed E-state index contributed by atoms with van der Waals surface area (Å²) in [6, 6.07) is -0.159. The lowest BCUT2D eigenvalue weighted by Gasteiger charge is -2.35. The number of piperidine rings is 1. The molecular weight excluding hydrogens is 266 g/mol. The van der Waals surface area contributed by atoms with Crippen LogP contribution in [0, 0.1) is 11.3 Å². The molecule has 2 aliphatic rings. The Bertz CT molecular complexity index is 340. The van der Waals surface area contributed by atoms with Crippen molar-refractivity contribution in [3.8, 4) is 0 Å². The van der Waals surface area contributed by atoms with E-state index in [4.69, 9.17) is 10.5 Å². The van der Waals surface area contributed by atoms with E-state index in [9.17, 15) is 4.79 Å². The van der Waals surface area contributed by atoms with Crippen molar-refractivity contribution >= 4 is 5.91 Å². The normalized spacial score (nSPS) is 26.8. The van der Waals surface area contributed by atoms with Gasteiger partial charge in [-0.25, -0.2) is 0 Å². The highest BCUT2D eigenvalue weighted by molar-refractivity contribution is 5.82. The molecule has 0 aromatic carbocycles. The van der Waals surface area contributed by atoms with Crippen LogP contribution in [0.1, 0.15) is 40.0 Å². The maximum Gasteiger partial charge on any atom is 0.237 e. The molecule has 2 rings (SSSR count). The number of rotatable bonds is 4. The van der Waals surface area contributed by atoms with E-state index in [-0.39, 0.29) is 17.4 Å². The Kier molecular flexibility index (Phi) is 5.63. The Labute approximate surface area is 128 Å². The third-order valence-corrected chi connectivity index (χ3v) is 4.69. The molecule has 0 radical (unpaired) electrons. The molecule has 0 aromatic heterocycles. The fourth-order valence-corrected chi connectivity index (χ4v) is 3.04. The van der Waals surface area contributed by atoms with Gasteiger partial charge in [0, 0.05) is 32.3 Å². The molecule has 2 saturated heterocycles. The van der Waals surface area contributed by atoms with Crippen molar-refractivity contribution in [2.45, 2.75) is 52.1 Å². The fourth-order valence-electron chi connectivity index (χ4n) is 3.04. The average molecular weight is 297 g/mol. The number of nitrogens with two attached hydrogens (primary N) is 1. The van der Waals surface area contributed by atoms with Gasteiger partial charge < -0.3 is 20.7 Å². The summed E-state index contributed by atoms with van der Waals surface area (Å²) in [7, 11) is 0. The van der Waals surface area contributed by atoms with Gasteiger partial charge in [0.15, 0.2) is 0 Å². The molecule has 0 aliphatic carbocycles. The van der Waals surface area contributed by atoms with Gasteiger partial charge in [0.25, 0.3) is 0 Å². The van der Waals surface area contributed by atoms with E-state index in [1.807, 2.05) is 20.8 Å². The minimum atomic E-state index is -0.439. The van der Waals surface area contributed by atoms with Gasteiger partial charge in [0.05, 0.1) is 12.6 Å². The van der Waals surface area contributed by atoms with Crippen LogP contribution in [0.5, 0.6) is 0 Å². The van der Waals surface area contributed by atoms with Crippen LogP contribution in [0.3, 0.4) is 0 Å². The van der Waals surface area contributed by atoms with Gasteiger partial charge in [-0.15, -0.1) is 0 Å². The van der Waals surface area contributed by atoms with E-state index in [0.717, 1.165) is 45.7 Å². The summed E-state index contributed by atoms with van der Waals surface area (Å²) >= 11 is 0. The molecule has 2 atom stereocenters. The Morgan fingerprint density at radius 3 is 2.52 bits per heavy atom. The van der Waals surface area contributed by atoms with Crippen molar-refractivity contribution in [3.05, 3.63) is 0 Å². The van der Waals surface area contributed by atoms with Gasteiger partial charge in [-0.3, -0.25) is 4.79 Å². The first-order chi connectivity index (χ1) is 9.86. The SMILES string of the molecule is CC(C)(C)[C@H](N)C(=O)NC1CCN(CC2CCOC2)CC1. The highest BCUT2D eigenvalue weighted by Gasteiger charge is 2.30. The molecule has 0 spiro atoms. The first-order valence-electron chi connectivity index (χ1n) is 8.22. The molecule has 1 unspecified atom stereocenters. The topological polar surface area (TPSA) is 67.6 Å². The number of ether oxygens (including phenoxy) is 1. The van der Waals surface area contributed by atoms with Gasteiger partial charge in [0.2, 0.25) is 5.91 Å². The molecule has 1 amide bonds. The van der Waals surface area contributed by atoms with Crippen LogP contribution in [-0.4, -0.2) is 55.7 Å². The second-order valence-electron chi connectivity index (χ2n) is 7.66. The number of amides is 1. The lowest BCUT2D eigenvalue weighted by Crippen LogP contribution is -2.53. The molecule has 2 fully saturated rings. The van der Waals surface area contributed by atoms with Crippen LogP contribution in [-0.2, 0) is 9.53 Å². The fraction of sp³-hybridized carbons (Fsp3) is 0.938. The Morgan fingerprint density at radius 2 is 2.00 bits per heavy atom. The maximum atomic E-state index is 12.2. The van der Waals surface area contributed by atoms with Crippen LogP contribution in [0.25, 0.3) is 0 Å². The van der Waals surface area contributed by atoms with Crippen molar-refractivity contribution in [3.63, 3.8) is 0 Å². The van der Waals surface area contributed by atoms with E-state index in [1.165, 1.54) is 6.42 Å². The predicted octanol–water partition coefficient (Wildman–Crippen LogP) is 0.977. The zero-order chi connectivity index (χ0) is 15.5. The van der Waals surface area contributed by atoms with Crippen LogP contribution >= 0.6 is 0 Å².